The van der Waals surface area contributed by atoms with Crippen LogP contribution in [0.2, 0.25) is 0 Å². The molecule has 0 aliphatic rings. The van der Waals surface area contributed by atoms with Crippen molar-refractivity contribution in [3.63, 3.8) is 0 Å². The lowest BCUT2D eigenvalue weighted by molar-refractivity contribution is -0.118. The first-order valence-electron chi connectivity index (χ1n) is 7.28. The number of amides is 1. The smallest absolute Gasteiger partial charge is 0.262 e. The lowest BCUT2D eigenvalue weighted by Gasteiger charge is -2.14. The van der Waals surface area contributed by atoms with Crippen molar-refractivity contribution in [3.05, 3.63) is 53.6 Å². The molecule has 2 aromatic rings. The predicted molar refractivity (Wildman–Crippen MR) is 87.5 cm³/mol. The fourth-order valence-corrected chi connectivity index (χ4v) is 2.17. The Labute approximate surface area is 130 Å². The van der Waals surface area contributed by atoms with E-state index in [4.69, 9.17) is 4.74 Å². The highest BCUT2D eigenvalue weighted by molar-refractivity contribution is 5.92. The largest absolute Gasteiger partial charge is 0.508 e. The monoisotopic (exact) mass is 299 g/mol. The summed E-state index contributed by atoms with van der Waals surface area (Å²) in [6.07, 6.45) is 0. The number of hydrogen-bond donors (Lipinski definition) is 2. The summed E-state index contributed by atoms with van der Waals surface area (Å²) in [4.78, 5) is 11.9. The van der Waals surface area contributed by atoms with Gasteiger partial charge >= 0.3 is 0 Å². The number of rotatable bonds is 5. The third kappa shape index (κ3) is 4.25. The van der Waals surface area contributed by atoms with Crippen LogP contribution in [0.15, 0.2) is 42.5 Å². The SMILES string of the molecule is Cc1ccc(C(C)C)c(OCC(=O)Nc2cccc(O)c2)c1. The number of benzene rings is 2. The molecule has 0 bridgehead atoms. The number of nitrogens with one attached hydrogen (secondary N) is 1. The average molecular weight is 299 g/mol. The maximum Gasteiger partial charge on any atom is 0.262 e. The van der Waals surface area contributed by atoms with Crippen LogP contribution >= 0.6 is 0 Å². The van der Waals surface area contributed by atoms with E-state index < -0.39 is 0 Å². The number of anilines is 1. The quantitative estimate of drug-likeness (QED) is 0.882. The summed E-state index contributed by atoms with van der Waals surface area (Å²) in [5, 5.41) is 12.1. The summed E-state index contributed by atoms with van der Waals surface area (Å²) in [6, 6.07) is 12.4. The topological polar surface area (TPSA) is 58.6 Å². The molecule has 0 unspecified atom stereocenters. The molecule has 0 saturated carbocycles. The molecule has 116 valence electrons. The number of ether oxygens (including phenoxy) is 1. The van der Waals surface area contributed by atoms with Crippen LogP contribution in [0.25, 0.3) is 0 Å². The van der Waals surface area contributed by atoms with Crippen molar-refractivity contribution in [2.75, 3.05) is 11.9 Å². The summed E-state index contributed by atoms with van der Waals surface area (Å²) in [7, 11) is 0. The van der Waals surface area contributed by atoms with E-state index in [9.17, 15) is 9.90 Å². The number of aryl methyl sites for hydroxylation is 1. The van der Waals surface area contributed by atoms with Crippen LogP contribution in [-0.2, 0) is 4.79 Å². The van der Waals surface area contributed by atoms with Crippen LogP contribution in [0.1, 0.15) is 30.9 Å². The zero-order valence-corrected chi connectivity index (χ0v) is 13.1. The van der Waals surface area contributed by atoms with Crippen molar-refractivity contribution in [1.82, 2.24) is 0 Å². The molecule has 0 aromatic heterocycles. The number of aromatic hydroxyl groups is 1. The molecule has 0 atom stereocenters. The highest BCUT2D eigenvalue weighted by atomic mass is 16.5. The fraction of sp³-hybridized carbons (Fsp3) is 0.278. The van der Waals surface area contributed by atoms with Gasteiger partial charge in [0.05, 0.1) is 0 Å². The summed E-state index contributed by atoms with van der Waals surface area (Å²) in [5.41, 5.74) is 2.71. The van der Waals surface area contributed by atoms with Gasteiger partial charge in [0, 0.05) is 11.8 Å². The minimum atomic E-state index is -0.262. The second kappa shape index (κ2) is 6.98. The van der Waals surface area contributed by atoms with Gasteiger partial charge in [-0.1, -0.05) is 32.0 Å². The first-order valence-corrected chi connectivity index (χ1v) is 7.28. The van der Waals surface area contributed by atoms with E-state index in [1.807, 2.05) is 25.1 Å². The average Bonchev–Trinajstić information content (AvgIpc) is 2.45. The molecule has 0 heterocycles. The Morgan fingerprint density at radius 2 is 2.00 bits per heavy atom. The zero-order chi connectivity index (χ0) is 16.1. The highest BCUT2D eigenvalue weighted by Crippen LogP contribution is 2.27. The van der Waals surface area contributed by atoms with E-state index >= 15 is 0 Å². The summed E-state index contributed by atoms with van der Waals surface area (Å²) < 4.78 is 5.67. The molecule has 22 heavy (non-hydrogen) atoms. The van der Waals surface area contributed by atoms with Gasteiger partial charge in [0.25, 0.3) is 5.91 Å². The zero-order valence-electron chi connectivity index (χ0n) is 13.1. The van der Waals surface area contributed by atoms with Crippen LogP contribution in [0.5, 0.6) is 11.5 Å². The van der Waals surface area contributed by atoms with Crippen molar-refractivity contribution in [2.45, 2.75) is 26.7 Å². The number of phenols is 1. The van der Waals surface area contributed by atoms with E-state index in [1.165, 1.54) is 6.07 Å². The summed E-state index contributed by atoms with van der Waals surface area (Å²) >= 11 is 0. The predicted octanol–water partition coefficient (Wildman–Crippen LogP) is 3.84. The molecule has 2 aromatic carbocycles. The molecule has 4 heteroatoms. The van der Waals surface area contributed by atoms with Gasteiger partial charge in [0.2, 0.25) is 0 Å². The van der Waals surface area contributed by atoms with E-state index in [2.05, 4.69) is 19.2 Å². The molecule has 0 saturated heterocycles. The van der Waals surface area contributed by atoms with Gasteiger partial charge in [-0.05, 0) is 42.2 Å². The second-order valence-corrected chi connectivity index (χ2v) is 5.58. The van der Waals surface area contributed by atoms with Crippen molar-refractivity contribution < 1.29 is 14.6 Å². The van der Waals surface area contributed by atoms with Crippen LogP contribution in [0.3, 0.4) is 0 Å². The van der Waals surface area contributed by atoms with Crippen molar-refractivity contribution in [1.29, 1.82) is 0 Å². The van der Waals surface area contributed by atoms with Gasteiger partial charge in [-0.25, -0.2) is 0 Å². The number of carbonyl (C=O) groups excluding carboxylic acids is 1. The normalized spacial score (nSPS) is 10.5. The van der Waals surface area contributed by atoms with Gasteiger partial charge in [0.15, 0.2) is 6.61 Å². The molecule has 2 N–H and O–H groups in total. The Bertz CT molecular complexity index is 665. The van der Waals surface area contributed by atoms with Crippen molar-refractivity contribution in [2.24, 2.45) is 0 Å². The molecule has 0 aliphatic heterocycles. The number of phenolic OH excluding ortho intramolecular Hbond substituents is 1. The van der Waals surface area contributed by atoms with Gasteiger partial charge in [0.1, 0.15) is 11.5 Å². The Morgan fingerprint density at radius 1 is 1.23 bits per heavy atom. The minimum absolute atomic E-state index is 0.0706. The first kappa shape index (κ1) is 15.9. The van der Waals surface area contributed by atoms with Crippen molar-refractivity contribution in [3.8, 4) is 11.5 Å². The standard InChI is InChI=1S/C18H21NO3/c1-12(2)16-8-7-13(3)9-17(16)22-11-18(21)19-14-5-4-6-15(20)10-14/h4-10,12,20H,11H2,1-3H3,(H,19,21). The van der Waals surface area contributed by atoms with E-state index in [0.29, 0.717) is 11.6 Å². The molecule has 0 spiro atoms. The number of hydrogen-bond acceptors (Lipinski definition) is 3. The lowest BCUT2D eigenvalue weighted by Crippen LogP contribution is -2.20. The van der Waals surface area contributed by atoms with E-state index in [-0.39, 0.29) is 18.3 Å². The third-order valence-electron chi connectivity index (χ3n) is 3.28. The maximum absolute atomic E-state index is 11.9. The molecule has 0 radical (unpaired) electrons. The highest BCUT2D eigenvalue weighted by Gasteiger charge is 2.10. The fourth-order valence-electron chi connectivity index (χ4n) is 2.17. The Hall–Kier alpha value is -2.49. The lowest BCUT2D eigenvalue weighted by atomic mass is 10.0. The Balaban J connectivity index is 2.01. The van der Waals surface area contributed by atoms with Gasteiger partial charge in [-0.2, -0.15) is 0 Å². The first-order chi connectivity index (χ1) is 10.5. The van der Waals surface area contributed by atoms with Gasteiger partial charge in [-0.15, -0.1) is 0 Å². The minimum Gasteiger partial charge on any atom is -0.508 e. The van der Waals surface area contributed by atoms with Gasteiger partial charge in [-0.3, -0.25) is 4.79 Å². The summed E-state index contributed by atoms with van der Waals surface area (Å²) in [5.74, 6) is 0.909. The molecular formula is C18H21NO3. The maximum atomic E-state index is 11.9. The van der Waals surface area contributed by atoms with Crippen LogP contribution in [0.4, 0.5) is 5.69 Å². The molecule has 0 fully saturated rings. The van der Waals surface area contributed by atoms with E-state index in [0.717, 1.165) is 16.9 Å². The second-order valence-electron chi connectivity index (χ2n) is 5.58. The molecular weight excluding hydrogens is 278 g/mol. The summed E-state index contributed by atoms with van der Waals surface area (Å²) in [6.45, 7) is 6.09. The molecule has 2 rings (SSSR count). The van der Waals surface area contributed by atoms with Crippen LogP contribution in [-0.4, -0.2) is 17.6 Å². The van der Waals surface area contributed by atoms with Crippen molar-refractivity contribution >= 4 is 11.6 Å². The Kier molecular flexibility index (Phi) is 5.04. The van der Waals surface area contributed by atoms with Crippen LogP contribution < -0.4 is 10.1 Å². The molecule has 0 aliphatic carbocycles. The van der Waals surface area contributed by atoms with Gasteiger partial charge < -0.3 is 15.2 Å². The number of carbonyl (C=O) groups is 1. The third-order valence-corrected chi connectivity index (χ3v) is 3.28. The van der Waals surface area contributed by atoms with E-state index in [1.54, 1.807) is 18.2 Å². The van der Waals surface area contributed by atoms with Crippen LogP contribution in [0, 0.1) is 6.92 Å². The Morgan fingerprint density at radius 3 is 2.68 bits per heavy atom. The molecule has 4 nitrogen and oxygen atoms in total. The molecule has 1 amide bonds.